The van der Waals surface area contributed by atoms with Crippen LogP contribution >= 0.6 is 0 Å². The van der Waals surface area contributed by atoms with Gasteiger partial charge in [-0.1, -0.05) is 66.7 Å². The van der Waals surface area contributed by atoms with Gasteiger partial charge in [0.25, 0.3) is 0 Å². The molecule has 0 aromatic heterocycles. The lowest BCUT2D eigenvalue weighted by Gasteiger charge is -2.05. The maximum Gasteiger partial charge on any atom is 0.0387 e. The Kier molecular flexibility index (Phi) is 2.65. The maximum absolute atomic E-state index is 6.09. The van der Waals surface area contributed by atoms with Gasteiger partial charge in [0.1, 0.15) is 0 Å². The molecule has 0 saturated heterocycles. The van der Waals surface area contributed by atoms with E-state index in [1.54, 1.807) is 0 Å². The van der Waals surface area contributed by atoms with E-state index in [0.29, 0.717) is 0 Å². The largest absolute Gasteiger partial charge is 0.398 e. The minimum Gasteiger partial charge on any atom is -0.398 e. The second-order valence-electron chi connectivity index (χ2n) is 5.28. The van der Waals surface area contributed by atoms with Gasteiger partial charge in [0, 0.05) is 5.69 Å². The first-order valence-electron chi connectivity index (χ1n) is 7.10. The summed E-state index contributed by atoms with van der Waals surface area (Å²) in [5, 5.41) is 0. The van der Waals surface area contributed by atoms with Crippen LogP contribution in [-0.4, -0.2) is 0 Å². The van der Waals surface area contributed by atoms with Gasteiger partial charge in [-0.3, -0.25) is 0 Å². The number of hydrogen-bond donors (Lipinski definition) is 1. The Morgan fingerprint density at radius 3 is 1.62 bits per heavy atom. The van der Waals surface area contributed by atoms with Crippen LogP contribution in [0.2, 0.25) is 0 Å². The van der Waals surface area contributed by atoms with Crippen LogP contribution in [0, 0.1) is 0 Å². The maximum atomic E-state index is 6.09. The molecular weight excluding hydrogens is 254 g/mol. The van der Waals surface area contributed by atoms with Crippen molar-refractivity contribution in [1.82, 2.24) is 0 Å². The second kappa shape index (κ2) is 4.64. The van der Waals surface area contributed by atoms with Crippen LogP contribution in [0.5, 0.6) is 0 Å². The number of anilines is 1. The van der Waals surface area contributed by atoms with E-state index in [1.807, 2.05) is 18.2 Å². The van der Waals surface area contributed by atoms with E-state index in [-0.39, 0.29) is 0 Å². The molecule has 21 heavy (non-hydrogen) atoms. The molecule has 0 amide bonds. The number of para-hydroxylation sites is 1. The molecule has 4 rings (SSSR count). The second-order valence-corrected chi connectivity index (χ2v) is 5.28. The molecule has 0 unspecified atom stereocenters. The first kappa shape index (κ1) is 12.0. The van der Waals surface area contributed by atoms with Gasteiger partial charge >= 0.3 is 0 Å². The lowest BCUT2D eigenvalue weighted by Crippen LogP contribution is -1.89. The van der Waals surface area contributed by atoms with Crippen LogP contribution in [-0.2, 0) is 0 Å². The molecule has 0 heterocycles. The van der Waals surface area contributed by atoms with Crippen molar-refractivity contribution in [3.63, 3.8) is 0 Å². The van der Waals surface area contributed by atoms with Crippen LogP contribution < -0.4 is 5.73 Å². The van der Waals surface area contributed by atoms with Crippen LogP contribution in [0.15, 0.2) is 72.8 Å². The molecule has 1 aliphatic rings. The highest BCUT2D eigenvalue weighted by Crippen LogP contribution is 2.44. The lowest BCUT2D eigenvalue weighted by molar-refractivity contribution is 1.62. The fourth-order valence-electron chi connectivity index (χ4n) is 3.00. The van der Waals surface area contributed by atoms with E-state index < -0.39 is 0 Å². The van der Waals surface area contributed by atoms with Gasteiger partial charge in [0.05, 0.1) is 0 Å². The summed E-state index contributed by atoms with van der Waals surface area (Å²) < 4.78 is 0. The quantitative estimate of drug-likeness (QED) is 0.492. The van der Waals surface area contributed by atoms with Gasteiger partial charge in [-0.15, -0.1) is 0 Å². The highest BCUT2D eigenvalue weighted by atomic mass is 14.5. The average Bonchev–Trinajstić information content (AvgIpc) is 2.85. The highest BCUT2D eigenvalue weighted by molar-refractivity contribution is 6.07. The zero-order valence-corrected chi connectivity index (χ0v) is 11.6. The van der Waals surface area contributed by atoms with Crippen LogP contribution in [0.3, 0.4) is 0 Å². The van der Waals surface area contributed by atoms with Crippen molar-refractivity contribution < 1.29 is 0 Å². The SMILES string of the molecule is Nc1ccccc1C=C1c2ccccc2-c2ccccc21. The minimum atomic E-state index is 0.812. The zero-order valence-electron chi connectivity index (χ0n) is 11.6. The summed E-state index contributed by atoms with van der Waals surface area (Å²) in [4.78, 5) is 0. The predicted octanol–water partition coefficient (Wildman–Crippen LogP) is 4.84. The number of benzene rings is 3. The molecular formula is C20H15N. The van der Waals surface area contributed by atoms with Crippen LogP contribution in [0.25, 0.3) is 22.8 Å². The zero-order chi connectivity index (χ0) is 14.2. The van der Waals surface area contributed by atoms with Crippen molar-refractivity contribution >= 4 is 17.3 Å². The van der Waals surface area contributed by atoms with Gasteiger partial charge in [0.2, 0.25) is 0 Å². The van der Waals surface area contributed by atoms with E-state index in [0.717, 1.165) is 11.3 Å². The van der Waals surface area contributed by atoms with Crippen molar-refractivity contribution in [3.05, 3.63) is 89.5 Å². The molecule has 1 aliphatic carbocycles. The number of rotatable bonds is 1. The van der Waals surface area contributed by atoms with Crippen molar-refractivity contribution in [1.29, 1.82) is 0 Å². The van der Waals surface area contributed by atoms with Gasteiger partial charge in [0.15, 0.2) is 0 Å². The molecule has 100 valence electrons. The number of fused-ring (bicyclic) bond motifs is 3. The van der Waals surface area contributed by atoms with Gasteiger partial charge in [-0.25, -0.2) is 0 Å². The van der Waals surface area contributed by atoms with Gasteiger partial charge in [-0.2, -0.15) is 0 Å². The molecule has 1 heteroatoms. The van der Waals surface area contributed by atoms with Crippen molar-refractivity contribution in [2.75, 3.05) is 5.73 Å². The van der Waals surface area contributed by atoms with Gasteiger partial charge in [-0.05, 0) is 45.5 Å². The molecule has 0 fully saturated rings. The van der Waals surface area contributed by atoms with E-state index in [1.165, 1.54) is 27.8 Å². The van der Waals surface area contributed by atoms with E-state index in [2.05, 4.69) is 60.7 Å². The third kappa shape index (κ3) is 1.86. The minimum absolute atomic E-state index is 0.812. The first-order valence-corrected chi connectivity index (χ1v) is 7.10. The van der Waals surface area contributed by atoms with Crippen molar-refractivity contribution in [3.8, 4) is 11.1 Å². The summed E-state index contributed by atoms with van der Waals surface area (Å²) >= 11 is 0. The predicted molar refractivity (Wildman–Crippen MR) is 89.7 cm³/mol. The molecule has 3 aromatic rings. The lowest BCUT2D eigenvalue weighted by atomic mass is 10.0. The Balaban J connectivity index is 1.99. The Bertz CT molecular complexity index is 811. The van der Waals surface area contributed by atoms with Crippen molar-refractivity contribution in [2.24, 2.45) is 0 Å². The molecule has 2 N–H and O–H groups in total. The fraction of sp³-hybridized carbons (Fsp3) is 0. The number of nitrogens with two attached hydrogens (primary N) is 1. The highest BCUT2D eigenvalue weighted by Gasteiger charge is 2.22. The summed E-state index contributed by atoms with van der Waals surface area (Å²) in [7, 11) is 0. The number of nitrogen functional groups attached to an aromatic ring is 1. The smallest absolute Gasteiger partial charge is 0.0387 e. The molecule has 0 radical (unpaired) electrons. The summed E-state index contributed by atoms with van der Waals surface area (Å²) in [6.07, 6.45) is 2.19. The monoisotopic (exact) mass is 269 g/mol. The topological polar surface area (TPSA) is 26.0 Å². The Labute approximate surface area is 124 Å². The van der Waals surface area contributed by atoms with E-state index >= 15 is 0 Å². The molecule has 3 aromatic carbocycles. The number of hydrogen-bond acceptors (Lipinski definition) is 1. The van der Waals surface area contributed by atoms with E-state index in [4.69, 9.17) is 5.73 Å². The molecule has 0 spiro atoms. The van der Waals surface area contributed by atoms with Crippen LogP contribution in [0.1, 0.15) is 16.7 Å². The molecule has 1 nitrogen and oxygen atoms in total. The Morgan fingerprint density at radius 1 is 0.571 bits per heavy atom. The average molecular weight is 269 g/mol. The summed E-state index contributed by atoms with van der Waals surface area (Å²) in [5.74, 6) is 0. The summed E-state index contributed by atoms with van der Waals surface area (Å²) in [6.45, 7) is 0. The van der Waals surface area contributed by atoms with Gasteiger partial charge < -0.3 is 5.73 Å². The van der Waals surface area contributed by atoms with Crippen LogP contribution in [0.4, 0.5) is 5.69 Å². The normalized spacial score (nSPS) is 11.9. The summed E-state index contributed by atoms with van der Waals surface area (Å²) in [5.41, 5.74) is 14.4. The van der Waals surface area contributed by atoms with Crippen molar-refractivity contribution in [2.45, 2.75) is 0 Å². The Hall–Kier alpha value is -2.80. The molecule has 0 saturated carbocycles. The Morgan fingerprint density at radius 2 is 1.05 bits per heavy atom. The third-order valence-electron chi connectivity index (χ3n) is 4.02. The van der Waals surface area contributed by atoms with E-state index in [9.17, 15) is 0 Å². The summed E-state index contributed by atoms with van der Waals surface area (Å²) in [6, 6.07) is 25.1. The molecule has 0 atom stereocenters. The molecule has 0 bridgehead atoms. The first-order chi connectivity index (χ1) is 10.3. The standard InChI is InChI=1S/C20H15N/c21-20-12-6-1-7-14(20)13-19-17-10-4-2-8-15(17)16-9-3-5-11-18(16)19/h1-13H,21H2. The molecule has 0 aliphatic heterocycles. The fourth-order valence-corrected chi connectivity index (χ4v) is 3.00. The third-order valence-corrected chi connectivity index (χ3v) is 4.02.